The standard InChI is InChI=1S/C27H31N3O2/c1-19-5-4-6-21(17-19)18-30-15-13-22(14-16-30)26-25(12-7-20(2)28-26)27(31)29-23-8-10-24(32-3)11-9-23/h4-12,17,22H,13-16,18H2,1-3H3,(H,29,31). The molecule has 3 aromatic rings. The number of pyridine rings is 1. The summed E-state index contributed by atoms with van der Waals surface area (Å²) in [5.41, 5.74) is 5.94. The molecule has 0 atom stereocenters. The normalized spacial score (nSPS) is 14.8. The number of hydrogen-bond donors (Lipinski definition) is 1. The van der Waals surface area contributed by atoms with E-state index in [-0.39, 0.29) is 5.91 Å². The monoisotopic (exact) mass is 429 g/mol. The first-order valence-electron chi connectivity index (χ1n) is 11.2. The van der Waals surface area contributed by atoms with Crippen molar-refractivity contribution < 1.29 is 9.53 Å². The van der Waals surface area contributed by atoms with Gasteiger partial charge in [0.05, 0.1) is 18.4 Å². The van der Waals surface area contributed by atoms with Crippen molar-refractivity contribution in [2.75, 3.05) is 25.5 Å². The highest BCUT2D eigenvalue weighted by atomic mass is 16.5. The number of aromatic nitrogens is 1. The molecule has 5 heteroatoms. The molecule has 4 rings (SSSR count). The summed E-state index contributed by atoms with van der Waals surface area (Å²) in [5.74, 6) is 0.943. The maximum atomic E-state index is 13.1. The van der Waals surface area contributed by atoms with Crippen LogP contribution in [0.5, 0.6) is 5.75 Å². The number of likely N-dealkylation sites (tertiary alicyclic amines) is 1. The fourth-order valence-corrected chi connectivity index (χ4v) is 4.39. The molecule has 1 aliphatic rings. The minimum Gasteiger partial charge on any atom is -0.497 e. The molecule has 0 aliphatic carbocycles. The van der Waals surface area contributed by atoms with Crippen molar-refractivity contribution in [2.24, 2.45) is 0 Å². The predicted molar refractivity (Wildman–Crippen MR) is 128 cm³/mol. The minimum absolute atomic E-state index is 0.111. The maximum absolute atomic E-state index is 13.1. The Balaban J connectivity index is 1.44. The average molecular weight is 430 g/mol. The maximum Gasteiger partial charge on any atom is 0.257 e. The Labute approximate surface area is 190 Å². The number of benzene rings is 2. The summed E-state index contributed by atoms with van der Waals surface area (Å²) < 4.78 is 5.20. The van der Waals surface area contributed by atoms with Gasteiger partial charge in [0.25, 0.3) is 5.91 Å². The average Bonchev–Trinajstić information content (AvgIpc) is 2.80. The van der Waals surface area contributed by atoms with Crippen LogP contribution >= 0.6 is 0 Å². The van der Waals surface area contributed by atoms with Crippen molar-refractivity contribution in [3.05, 3.63) is 88.7 Å². The molecule has 0 saturated carbocycles. The van der Waals surface area contributed by atoms with Crippen molar-refractivity contribution >= 4 is 11.6 Å². The van der Waals surface area contributed by atoms with Crippen LogP contribution in [0.25, 0.3) is 0 Å². The molecule has 0 bridgehead atoms. The number of hydrogen-bond acceptors (Lipinski definition) is 4. The van der Waals surface area contributed by atoms with E-state index in [2.05, 4.69) is 41.4 Å². The largest absolute Gasteiger partial charge is 0.497 e. The highest BCUT2D eigenvalue weighted by Crippen LogP contribution is 2.30. The van der Waals surface area contributed by atoms with Crippen LogP contribution in [0.15, 0.2) is 60.7 Å². The number of amides is 1. The first kappa shape index (κ1) is 22.0. The number of anilines is 1. The van der Waals surface area contributed by atoms with Gasteiger partial charge in [-0.15, -0.1) is 0 Å². The van der Waals surface area contributed by atoms with Crippen molar-refractivity contribution in [1.82, 2.24) is 9.88 Å². The SMILES string of the molecule is COc1ccc(NC(=O)c2ccc(C)nc2C2CCN(Cc3cccc(C)c3)CC2)cc1. The number of nitrogens with one attached hydrogen (secondary N) is 1. The van der Waals surface area contributed by atoms with E-state index in [4.69, 9.17) is 9.72 Å². The Morgan fingerprint density at radius 3 is 2.50 bits per heavy atom. The second kappa shape index (κ2) is 9.96. The lowest BCUT2D eigenvalue weighted by molar-refractivity contribution is 0.102. The van der Waals surface area contributed by atoms with E-state index in [0.717, 1.165) is 55.3 Å². The van der Waals surface area contributed by atoms with Gasteiger partial charge in [0.1, 0.15) is 5.75 Å². The molecule has 2 heterocycles. The van der Waals surface area contributed by atoms with Crippen LogP contribution in [-0.2, 0) is 6.54 Å². The van der Waals surface area contributed by atoms with Crippen molar-refractivity contribution in [3.8, 4) is 5.75 Å². The molecular weight excluding hydrogens is 398 g/mol. The summed E-state index contributed by atoms with van der Waals surface area (Å²) in [6.45, 7) is 7.11. The molecule has 1 N–H and O–H groups in total. The predicted octanol–water partition coefficient (Wildman–Crippen LogP) is 5.34. The van der Waals surface area contributed by atoms with Gasteiger partial charge < -0.3 is 10.1 Å². The number of piperidine rings is 1. The van der Waals surface area contributed by atoms with Gasteiger partial charge in [-0.25, -0.2) is 0 Å². The molecule has 1 fully saturated rings. The van der Waals surface area contributed by atoms with Crippen LogP contribution in [0.4, 0.5) is 5.69 Å². The first-order valence-corrected chi connectivity index (χ1v) is 11.2. The third-order valence-corrected chi connectivity index (χ3v) is 6.12. The lowest BCUT2D eigenvalue weighted by atomic mass is 9.89. The number of methoxy groups -OCH3 is 1. The van der Waals surface area contributed by atoms with Gasteiger partial charge in [0.2, 0.25) is 0 Å². The lowest BCUT2D eigenvalue weighted by Gasteiger charge is -2.32. The number of ether oxygens (including phenoxy) is 1. The summed E-state index contributed by atoms with van der Waals surface area (Å²) in [6.07, 6.45) is 2.01. The zero-order valence-corrected chi connectivity index (χ0v) is 19.1. The van der Waals surface area contributed by atoms with Gasteiger partial charge in [-0.2, -0.15) is 0 Å². The van der Waals surface area contributed by atoms with Gasteiger partial charge >= 0.3 is 0 Å². The van der Waals surface area contributed by atoms with Crippen molar-refractivity contribution in [1.29, 1.82) is 0 Å². The van der Waals surface area contributed by atoms with E-state index in [1.165, 1.54) is 11.1 Å². The number of rotatable bonds is 6. The van der Waals surface area contributed by atoms with Gasteiger partial charge in [-0.3, -0.25) is 14.7 Å². The Hall–Kier alpha value is -3.18. The molecule has 2 aromatic carbocycles. The van der Waals surface area contributed by atoms with E-state index in [0.29, 0.717) is 11.5 Å². The quantitative estimate of drug-likeness (QED) is 0.575. The first-order chi connectivity index (χ1) is 15.5. The summed E-state index contributed by atoms with van der Waals surface area (Å²) in [5, 5.41) is 3.01. The molecule has 166 valence electrons. The minimum atomic E-state index is -0.111. The summed E-state index contributed by atoms with van der Waals surface area (Å²) >= 11 is 0. The molecule has 0 unspecified atom stereocenters. The van der Waals surface area contributed by atoms with E-state index in [9.17, 15) is 4.79 Å². The van der Waals surface area contributed by atoms with E-state index in [1.54, 1.807) is 7.11 Å². The van der Waals surface area contributed by atoms with Crippen LogP contribution < -0.4 is 10.1 Å². The third kappa shape index (κ3) is 5.35. The zero-order valence-electron chi connectivity index (χ0n) is 19.1. The Bertz CT molecular complexity index is 1070. The molecule has 0 radical (unpaired) electrons. The molecule has 1 amide bonds. The smallest absolute Gasteiger partial charge is 0.257 e. The van der Waals surface area contributed by atoms with Gasteiger partial charge in [-0.1, -0.05) is 29.8 Å². The molecule has 0 spiro atoms. The molecular formula is C27H31N3O2. The summed E-state index contributed by atoms with van der Waals surface area (Å²) in [6, 6.07) is 19.9. The number of nitrogens with zero attached hydrogens (tertiary/aromatic N) is 2. The van der Waals surface area contributed by atoms with Crippen LogP contribution in [0.2, 0.25) is 0 Å². The topological polar surface area (TPSA) is 54.5 Å². The highest BCUT2D eigenvalue weighted by Gasteiger charge is 2.26. The molecule has 1 aliphatic heterocycles. The summed E-state index contributed by atoms with van der Waals surface area (Å²) in [7, 11) is 1.63. The van der Waals surface area contributed by atoms with Gasteiger partial charge in [0, 0.05) is 23.8 Å². The molecule has 32 heavy (non-hydrogen) atoms. The van der Waals surface area contributed by atoms with Crippen LogP contribution in [0.1, 0.15) is 51.6 Å². The second-order valence-electron chi connectivity index (χ2n) is 8.61. The Morgan fingerprint density at radius 2 is 1.81 bits per heavy atom. The van der Waals surface area contributed by atoms with E-state index < -0.39 is 0 Å². The Kier molecular flexibility index (Phi) is 6.86. The van der Waals surface area contributed by atoms with Crippen LogP contribution in [-0.4, -0.2) is 36.0 Å². The van der Waals surface area contributed by atoms with Gasteiger partial charge in [-0.05, 0) is 81.7 Å². The third-order valence-electron chi connectivity index (χ3n) is 6.12. The van der Waals surface area contributed by atoms with E-state index in [1.807, 2.05) is 43.3 Å². The van der Waals surface area contributed by atoms with Crippen molar-refractivity contribution in [3.63, 3.8) is 0 Å². The van der Waals surface area contributed by atoms with Crippen molar-refractivity contribution in [2.45, 2.75) is 39.2 Å². The van der Waals surface area contributed by atoms with Crippen LogP contribution in [0.3, 0.4) is 0 Å². The van der Waals surface area contributed by atoms with Crippen LogP contribution in [0, 0.1) is 13.8 Å². The number of aryl methyl sites for hydroxylation is 2. The highest BCUT2D eigenvalue weighted by molar-refractivity contribution is 6.05. The lowest BCUT2D eigenvalue weighted by Crippen LogP contribution is -2.33. The van der Waals surface area contributed by atoms with Gasteiger partial charge in [0.15, 0.2) is 0 Å². The zero-order chi connectivity index (χ0) is 22.5. The number of carbonyl (C=O) groups is 1. The second-order valence-corrected chi connectivity index (χ2v) is 8.61. The molecule has 1 saturated heterocycles. The summed E-state index contributed by atoms with van der Waals surface area (Å²) in [4.78, 5) is 20.4. The number of carbonyl (C=O) groups excluding carboxylic acids is 1. The van der Waals surface area contributed by atoms with E-state index >= 15 is 0 Å². The Morgan fingerprint density at radius 1 is 1.06 bits per heavy atom. The fraction of sp³-hybridized carbons (Fsp3) is 0.333. The fourth-order valence-electron chi connectivity index (χ4n) is 4.39. The molecule has 5 nitrogen and oxygen atoms in total. The molecule has 1 aromatic heterocycles.